The Balaban J connectivity index is 2.49. The van der Waals surface area contributed by atoms with E-state index in [1.807, 2.05) is 37.3 Å². The number of rotatable bonds is 2. The fourth-order valence-electron chi connectivity index (χ4n) is 2.72. The van der Waals surface area contributed by atoms with Crippen LogP contribution in [-0.2, 0) is 4.74 Å². The van der Waals surface area contributed by atoms with Gasteiger partial charge in [0.15, 0.2) is 0 Å². The van der Waals surface area contributed by atoms with Crippen LogP contribution in [0.15, 0.2) is 30.5 Å². The van der Waals surface area contributed by atoms with Crippen molar-refractivity contribution in [2.45, 2.75) is 13.0 Å². The van der Waals surface area contributed by atoms with E-state index in [-0.39, 0.29) is 6.10 Å². The molecule has 1 unspecified atom stereocenters. The summed E-state index contributed by atoms with van der Waals surface area (Å²) in [5, 5.41) is 2.10. The summed E-state index contributed by atoms with van der Waals surface area (Å²) in [5.41, 5.74) is 2.08. The van der Waals surface area contributed by atoms with Gasteiger partial charge in [-0.3, -0.25) is 0 Å². The predicted octanol–water partition coefficient (Wildman–Crippen LogP) is 3.92. The Morgan fingerprint density at radius 1 is 1.00 bits per heavy atom. The zero-order valence-corrected chi connectivity index (χ0v) is 11.3. The highest BCUT2D eigenvalue weighted by Crippen LogP contribution is 2.46. The first-order chi connectivity index (χ1) is 9.27. The summed E-state index contributed by atoms with van der Waals surface area (Å²) >= 11 is 0. The van der Waals surface area contributed by atoms with Crippen LogP contribution in [0.25, 0.3) is 16.8 Å². The normalized spacial score (nSPS) is 16.9. The van der Waals surface area contributed by atoms with Gasteiger partial charge in [0.2, 0.25) is 0 Å². The number of ether oxygens (including phenoxy) is 3. The largest absolute Gasteiger partial charge is 0.496 e. The van der Waals surface area contributed by atoms with Crippen LogP contribution in [0.3, 0.4) is 0 Å². The molecule has 0 amide bonds. The Bertz CT molecular complexity index is 659. The Morgan fingerprint density at radius 3 is 2.26 bits per heavy atom. The van der Waals surface area contributed by atoms with Crippen LogP contribution in [0.5, 0.6) is 11.5 Å². The van der Waals surface area contributed by atoms with Crippen molar-refractivity contribution in [3.63, 3.8) is 0 Å². The van der Waals surface area contributed by atoms with E-state index in [4.69, 9.17) is 14.2 Å². The molecule has 0 bridgehead atoms. The zero-order chi connectivity index (χ0) is 13.4. The molecule has 0 fully saturated rings. The van der Waals surface area contributed by atoms with Crippen LogP contribution < -0.4 is 9.47 Å². The van der Waals surface area contributed by atoms with Crippen LogP contribution >= 0.6 is 0 Å². The molecule has 2 aromatic carbocycles. The monoisotopic (exact) mass is 256 g/mol. The highest BCUT2D eigenvalue weighted by molar-refractivity contribution is 5.98. The summed E-state index contributed by atoms with van der Waals surface area (Å²) in [7, 11) is 3.39. The lowest BCUT2D eigenvalue weighted by atomic mass is 9.93. The predicted molar refractivity (Wildman–Crippen MR) is 75.6 cm³/mol. The molecule has 1 atom stereocenters. The molecule has 0 N–H and O–H groups in total. The van der Waals surface area contributed by atoms with E-state index in [1.54, 1.807) is 20.5 Å². The third kappa shape index (κ3) is 1.65. The van der Waals surface area contributed by atoms with Gasteiger partial charge in [-0.1, -0.05) is 24.3 Å². The van der Waals surface area contributed by atoms with Gasteiger partial charge in [-0.25, -0.2) is 0 Å². The van der Waals surface area contributed by atoms with Gasteiger partial charge in [0.05, 0.1) is 20.5 Å². The Morgan fingerprint density at radius 2 is 1.63 bits per heavy atom. The van der Waals surface area contributed by atoms with Gasteiger partial charge in [-0.2, -0.15) is 0 Å². The number of hydrogen-bond donors (Lipinski definition) is 0. The molecule has 0 aliphatic carbocycles. The molecule has 0 spiro atoms. The van der Waals surface area contributed by atoms with E-state index in [0.717, 1.165) is 33.4 Å². The summed E-state index contributed by atoms with van der Waals surface area (Å²) in [6.45, 7) is 2.01. The van der Waals surface area contributed by atoms with Gasteiger partial charge in [-0.05, 0) is 13.0 Å². The lowest BCUT2D eigenvalue weighted by Crippen LogP contribution is -2.08. The molecule has 98 valence electrons. The maximum atomic E-state index is 5.63. The van der Waals surface area contributed by atoms with Gasteiger partial charge in [0, 0.05) is 21.9 Å². The fourth-order valence-corrected chi connectivity index (χ4v) is 2.72. The first-order valence-corrected chi connectivity index (χ1v) is 6.26. The van der Waals surface area contributed by atoms with E-state index >= 15 is 0 Å². The SMILES string of the molecule is COc1c2c(c(OC)c3ccccc13)C(C)OC=C2. The van der Waals surface area contributed by atoms with Crippen LogP contribution in [0.4, 0.5) is 0 Å². The lowest BCUT2D eigenvalue weighted by Gasteiger charge is -2.25. The summed E-state index contributed by atoms with van der Waals surface area (Å²) in [6, 6.07) is 8.09. The van der Waals surface area contributed by atoms with E-state index in [2.05, 4.69) is 0 Å². The van der Waals surface area contributed by atoms with E-state index in [9.17, 15) is 0 Å². The van der Waals surface area contributed by atoms with Gasteiger partial charge in [-0.15, -0.1) is 0 Å². The van der Waals surface area contributed by atoms with Gasteiger partial charge >= 0.3 is 0 Å². The van der Waals surface area contributed by atoms with E-state index in [0.29, 0.717) is 0 Å². The van der Waals surface area contributed by atoms with Crippen molar-refractivity contribution in [2.24, 2.45) is 0 Å². The smallest absolute Gasteiger partial charge is 0.134 e. The molecule has 0 radical (unpaired) electrons. The average molecular weight is 256 g/mol. The van der Waals surface area contributed by atoms with Crippen LogP contribution in [0.1, 0.15) is 24.2 Å². The molecule has 2 aromatic rings. The van der Waals surface area contributed by atoms with Crippen molar-refractivity contribution in [1.29, 1.82) is 0 Å². The van der Waals surface area contributed by atoms with Crippen molar-refractivity contribution in [3.05, 3.63) is 41.7 Å². The average Bonchev–Trinajstić information content (AvgIpc) is 2.45. The van der Waals surface area contributed by atoms with E-state index in [1.165, 1.54) is 0 Å². The molecule has 3 rings (SSSR count). The Kier molecular flexibility index (Phi) is 2.82. The Hall–Kier alpha value is -2.16. The maximum Gasteiger partial charge on any atom is 0.134 e. The summed E-state index contributed by atoms with van der Waals surface area (Å²) in [6.07, 6.45) is 3.60. The summed E-state index contributed by atoms with van der Waals surface area (Å²) in [5.74, 6) is 1.74. The summed E-state index contributed by atoms with van der Waals surface area (Å²) < 4.78 is 16.8. The molecule has 1 aliphatic heterocycles. The molecular formula is C16H16O3. The second-order valence-corrected chi connectivity index (χ2v) is 4.52. The second-order valence-electron chi connectivity index (χ2n) is 4.52. The van der Waals surface area contributed by atoms with Gasteiger partial charge in [0.25, 0.3) is 0 Å². The van der Waals surface area contributed by atoms with E-state index < -0.39 is 0 Å². The fraction of sp³-hybridized carbons (Fsp3) is 0.250. The lowest BCUT2D eigenvalue weighted by molar-refractivity contribution is 0.158. The quantitative estimate of drug-likeness (QED) is 0.815. The van der Waals surface area contributed by atoms with Gasteiger partial charge in [0.1, 0.15) is 17.6 Å². The van der Waals surface area contributed by atoms with Crippen LogP contribution in [-0.4, -0.2) is 14.2 Å². The third-order valence-corrected chi connectivity index (χ3v) is 3.53. The highest BCUT2D eigenvalue weighted by Gasteiger charge is 2.25. The molecule has 0 saturated carbocycles. The van der Waals surface area contributed by atoms with Crippen molar-refractivity contribution in [2.75, 3.05) is 14.2 Å². The number of hydrogen-bond acceptors (Lipinski definition) is 3. The number of fused-ring (bicyclic) bond motifs is 2. The standard InChI is InChI=1S/C16H16O3/c1-10-14-13(8-9-19-10)15(17-2)11-6-4-5-7-12(11)16(14)18-3/h4-10H,1-3H3. The second kappa shape index (κ2) is 4.50. The van der Waals surface area contributed by atoms with Crippen LogP contribution in [0, 0.1) is 0 Å². The number of benzene rings is 2. The van der Waals surface area contributed by atoms with Crippen LogP contribution in [0.2, 0.25) is 0 Å². The summed E-state index contributed by atoms with van der Waals surface area (Å²) in [4.78, 5) is 0. The molecule has 19 heavy (non-hydrogen) atoms. The topological polar surface area (TPSA) is 27.7 Å². The molecule has 1 aliphatic rings. The maximum absolute atomic E-state index is 5.63. The molecule has 3 nitrogen and oxygen atoms in total. The van der Waals surface area contributed by atoms with Crippen molar-refractivity contribution in [1.82, 2.24) is 0 Å². The molecule has 0 aromatic heterocycles. The minimum Gasteiger partial charge on any atom is -0.496 e. The zero-order valence-electron chi connectivity index (χ0n) is 11.3. The highest BCUT2D eigenvalue weighted by atomic mass is 16.5. The molecule has 1 heterocycles. The minimum atomic E-state index is -0.0477. The first kappa shape index (κ1) is 11.9. The third-order valence-electron chi connectivity index (χ3n) is 3.53. The minimum absolute atomic E-state index is 0.0477. The molecule has 0 saturated heterocycles. The first-order valence-electron chi connectivity index (χ1n) is 6.26. The van der Waals surface area contributed by atoms with Crippen molar-refractivity contribution < 1.29 is 14.2 Å². The Labute approximate surface area is 112 Å². The van der Waals surface area contributed by atoms with Crippen molar-refractivity contribution in [3.8, 4) is 11.5 Å². The van der Waals surface area contributed by atoms with Crippen molar-refractivity contribution >= 4 is 16.8 Å². The molecule has 3 heteroatoms. The van der Waals surface area contributed by atoms with Gasteiger partial charge < -0.3 is 14.2 Å². The molecular weight excluding hydrogens is 240 g/mol. The number of methoxy groups -OCH3 is 2.